The van der Waals surface area contributed by atoms with E-state index in [2.05, 4.69) is 9.98 Å². The predicted molar refractivity (Wildman–Crippen MR) is 71.9 cm³/mol. The Hall–Kier alpha value is -2.19. The highest BCUT2D eigenvalue weighted by Crippen LogP contribution is 2.73. The molecule has 1 aromatic carbocycles. The zero-order valence-corrected chi connectivity index (χ0v) is 10.6. The molecule has 5 heteroatoms. The predicted octanol–water partition coefficient (Wildman–Crippen LogP) is 2.45. The van der Waals surface area contributed by atoms with Crippen molar-refractivity contribution in [1.29, 1.82) is 0 Å². The summed E-state index contributed by atoms with van der Waals surface area (Å²) in [6.07, 6.45) is 8.48. The third-order valence-corrected chi connectivity index (χ3v) is 4.87. The monoisotopic (exact) mass is 268 g/mol. The summed E-state index contributed by atoms with van der Waals surface area (Å²) in [7, 11) is 0. The molecule has 1 heterocycles. The van der Waals surface area contributed by atoms with Gasteiger partial charge in [-0.25, -0.2) is 9.59 Å². The fourth-order valence-electron chi connectivity index (χ4n) is 2.34. The van der Waals surface area contributed by atoms with Crippen LogP contribution in [0, 0.1) is 0 Å². The van der Waals surface area contributed by atoms with Crippen molar-refractivity contribution < 1.29 is 9.59 Å². The second kappa shape index (κ2) is 4.18. The summed E-state index contributed by atoms with van der Waals surface area (Å²) in [5.41, 5.74) is 1.52. The molecule has 2 atom stereocenters. The summed E-state index contributed by atoms with van der Waals surface area (Å²) in [5, 5.41) is 0. The maximum Gasteiger partial charge on any atom is 0.240 e. The highest BCUT2D eigenvalue weighted by molar-refractivity contribution is 8.09. The van der Waals surface area contributed by atoms with Crippen molar-refractivity contribution in [3.63, 3.8) is 0 Å². The van der Waals surface area contributed by atoms with Gasteiger partial charge in [0.25, 0.3) is 0 Å². The lowest BCUT2D eigenvalue weighted by Crippen LogP contribution is -2.21. The van der Waals surface area contributed by atoms with Crippen LogP contribution < -0.4 is 0 Å². The van der Waals surface area contributed by atoms with Crippen molar-refractivity contribution in [2.24, 2.45) is 9.98 Å². The van der Waals surface area contributed by atoms with Crippen LogP contribution in [0.25, 0.3) is 0 Å². The van der Waals surface area contributed by atoms with Gasteiger partial charge in [0.05, 0.1) is 5.70 Å². The van der Waals surface area contributed by atoms with Crippen molar-refractivity contribution in [2.75, 3.05) is 0 Å². The Morgan fingerprint density at radius 3 is 2.58 bits per heavy atom. The number of carbonyl (C=O) groups excluding carboxylic acids is 2. The molecule has 0 radical (unpaired) electrons. The first-order chi connectivity index (χ1) is 9.26. The standard InChI is InChI=1S/C14H8N2O2S/c17-9-15-12-6-7-13(11-4-2-1-3-5-11)14(8-12,19-13)16-10-18/h1-8H. The van der Waals surface area contributed by atoms with E-state index in [1.807, 2.05) is 36.4 Å². The molecular weight excluding hydrogens is 260 g/mol. The van der Waals surface area contributed by atoms with E-state index in [0.717, 1.165) is 5.56 Å². The van der Waals surface area contributed by atoms with Crippen LogP contribution in [0.1, 0.15) is 5.56 Å². The van der Waals surface area contributed by atoms with Crippen LogP contribution in [0.2, 0.25) is 0 Å². The fraction of sp³-hybridized carbons (Fsp3) is 0.143. The first-order valence-corrected chi connectivity index (χ1v) is 6.43. The normalized spacial score (nSPS) is 30.4. The Morgan fingerprint density at radius 1 is 1.11 bits per heavy atom. The van der Waals surface area contributed by atoms with Gasteiger partial charge in [0.15, 0.2) is 4.87 Å². The largest absolute Gasteiger partial charge is 0.240 e. The third kappa shape index (κ3) is 1.65. The number of benzene rings is 1. The second-order valence-electron chi connectivity index (χ2n) is 4.21. The van der Waals surface area contributed by atoms with Gasteiger partial charge >= 0.3 is 0 Å². The summed E-state index contributed by atoms with van der Waals surface area (Å²) in [4.78, 5) is 27.8. The number of allylic oxidation sites excluding steroid dienone is 1. The van der Waals surface area contributed by atoms with Crippen LogP contribution >= 0.6 is 11.8 Å². The molecule has 2 unspecified atom stereocenters. The van der Waals surface area contributed by atoms with Gasteiger partial charge in [0.2, 0.25) is 12.2 Å². The molecular formula is C14H8N2O2S. The molecule has 1 aliphatic carbocycles. The molecule has 0 spiro atoms. The van der Waals surface area contributed by atoms with Gasteiger partial charge in [-0.3, -0.25) is 0 Å². The highest BCUT2D eigenvalue weighted by Gasteiger charge is 2.69. The van der Waals surface area contributed by atoms with Gasteiger partial charge in [0.1, 0.15) is 4.75 Å². The van der Waals surface area contributed by atoms with Crippen LogP contribution in [0.4, 0.5) is 0 Å². The average molecular weight is 268 g/mol. The van der Waals surface area contributed by atoms with E-state index in [4.69, 9.17) is 0 Å². The summed E-state index contributed by atoms with van der Waals surface area (Å²) in [5.74, 6) is 0. The van der Waals surface area contributed by atoms with E-state index in [9.17, 15) is 9.59 Å². The summed E-state index contributed by atoms with van der Waals surface area (Å²) < 4.78 is -0.395. The van der Waals surface area contributed by atoms with Crippen molar-refractivity contribution in [3.05, 3.63) is 59.8 Å². The maximum absolute atomic E-state index is 10.7. The molecule has 1 aliphatic heterocycles. The molecule has 0 saturated carbocycles. The zero-order chi connectivity index (χ0) is 13.3. The fourth-order valence-corrected chi connectivity index (χ4v) is 3.72. The maximum atomic E-state index is 10.7. The molecule has 3 rings (SSSR count). The van der Waals surface area contributed by atoms with E-state index >= 15 is 0 Å². The first kappa shape index (κ1) is 11.9. The van der Waals surface area contributed by atoms with Crippen LogP contribution in [-0.2, 0) is 14.3 Å². The molecule has 1 aromatic rings. The molecule has 1 fully saturated rings. The molecule has 0 N–H and O–H groups in total. The molecule has 92 valence electrons. The Labute approximate surface area is 113 Å². The minimum absolute atomic E-state index is 0.395. The lowest BCUT2D eigenvalue weighted by atomic mass is 9.88. The number of hydrogen-bond donors (Lipinski definition) is 0. The zero-order valence-electron chi connectivity index (χ0n) is 9.74. The summed E-state index contributed by atoms with van der Waals surface area (Å²) in [6, 6.07) is 9.79. The quantitative estimate of drug-likeness (QED) is 0.480. The van der Waals surface area contributed by atoms with Crippen molar-refractivity contribution in [2.45, 2.75) is 9.62 Å². The molecule has 2 aliphatic rings. The number of hydrogen-bond acceptors (Lipinski definition) is 5. The van der Waals surface area contributed by atoms with Gasteiger partial charge in [-0.2, -0.15) is 9.98 Å². The third-order valence-electron chi connectivity index (χ3n) is 3.23. The van der Waals surface area contributed by atoms with Crippen LogP contribution in [0.15, 0.2) is 64.2 Å². The van der Waals surface area contributed by atoms with Gasteiger partial charge in [-0.05, 0) is 17.7 Å². The Bertz CT molecular complexity index is 685. The smallest absolute Gasteiger partial charge is 0.211 e. The van der Waals surface area contributed by atoms with E-state index in [1.165, 1.54) is 17.8 Å². The van der Waals surface area contributed by atoms with Crippen LogP contribution in [0.5, 0.6) is 0 Å². The molecule has 0 amide bonds. The Kier molecular flexibility index (Phi) is 2.61. The van der Waals surface area contributed by atoms with Crippen molar-refractivity contribution in [1.82, 2.24) is 0 Å². The minimum atomic E-state index is -0.736. The van der Waals surface area contributed by atoms with Crippen LogP contribution in [0.3, 0.4) is 0 Å². The van der Waals surface area contributed by atoms with Gasteiger partial charge in [-0.15, -0.1) is 11.8 Å². The molecule has 0 aromatic heterocycles. The van der Waals surface area contributed by atoms with Gasteiger partial charge < -0.3 is 0 Å². The van der Waals surface area contributed by atoms with Gasteiger partial charge in [-0.1, -0.05) is 36.4 Å². The van der Waals surface area contributed by atoms with E-state index in [1.54, 1.807) is 18.2 Å². The highest BCUT2D eigenvalue weighted by atomic mass is 32.2. The van der Waals surface area contributed by atoms with E-state index < -0.39 is 9.62 Å². The summed E-state index contributed by atoms with van der Waals surface area (Å²) in [6.45, 7) is 0. The lowest BCUT2D eigenvalue weighted by molar-refractivity contribution is 0.557. The van der Waals surface area contributed by atoms with E-state index in [-0.39, 0.29) is 0 Å². The van der Waals surface area contributed by atoms with E-state index in [0.29, 0.717) is 5.70 Å². The second-order valence-corrected chi connectivity index (χ2v) is 5.68. The number of nitrogens with zero attached hydrogens (tertiary/aromatic N) is 2. The van der Waals surface area contributed by atoms with Crippen molar-refractivity contribution in [3.8, 4) is 0 Å². The average Bonchev–Trinajstić information content (AvgIpc) is 3.10. The molecule has 19 heavy (non-hydrogen) atoms. The SMILES string of the molecule is O=C=NC1=CC2(N=C=O)SC2(c2ccccc2)C=C1. The van der Waals surface area contributed by atoms with Crippen molar-refractivity contribution >= 4 is 23.9 Å². The van der Waals surface area contributed by atoms with Gasteiger partial charge in [0, 0.05) is 0 Å². The Balaban J connectivity index is 2.11. The molecule has 0 bridgehead atoms. The number of isocyanates is 2. The first-order valence-electron chi connectivity index (χ1n) is 5.61. The number of fused-ring (bicyclic) bond motifs is 1. The Morgan fingerprint density at radius 2 is 1.89 bits per heavy atom. The lowest BCUT2D eigenvalue weighted by Gasteiger charge is -2.17. The number of thioether (sulfide) groups is 1. The molecule has 1 saturated heterocycles. The van der Waals surface area contributed by atoms with Crippen LogP contribution in [-0.4, -0.2) is 17.0 Å². The number of rotatable bonds is 3. The topological polar surface area (TPSA) is 58.9 Å². The number of aliphatic imine (C=N–C) groups is 2. The molecule has 4 nitrogen and oxygen atoms in total. The summed E-state index contributed by atoms with van der Waals surface area (Å²) >= 11 is 1.52. The minimum Gasteiger partial charge on any atom is -0.211 e.